The molecule has 0 aromatic carbocycles. The van der Waals surface area contributed by atoms with E-state index in [0.717, 1.165) is 61.4 Å². The Morgan fingerprint density at radius 2 is 1.93 bits per heavy atom. The van der Waals surface area contributed by atoms with Crippen LogP contribution in [0, 0.1) is 0 Å². The van der Waals surface area contributed by atoms with Gasteiger partial charge in [0.1, 0.15) is 5.03 Å². The van der Waals surface area contributed by atoms with Crippen molar-refractivity contribution in [2.45, 2.75) is 82.3 Å². The summed E-state index contributed by atoms with van der Waals surface area (Å²) in [6.45, 7) is 6.62. The topological polar surface area (TPSA) is 73.7 Å². The molecule has 3 aliphatic rings. The van der Waals surface area contributed by atoms with Crippen molar-refractivity contribution in [3.63, 3.8) is 0 Å². The lowest BCUT2D eigenvalue weighted by Gasteiger charge is -2.35. The summed E-state index contributed by atoms with van der Waals surface area (Å²) in [6.07, 6.45) is 6.32. The quantitative estimate of drug-likeness (QED) is 0.535. The molecule has 0 radical (unpaired) electrons. The fourth-order valence-corrected chi connectivity index (χ4v) is 5.63. The van der Waals surface area contributed by atoms with Gasteiger partial charge in [-0.2, -0.15) is 4.98 Å². The second kappa shape index (κ2) is 9.18. The van der Waals surface area contributed by atoms with Crippen LogP contribution in [0.15, 0.2) is 9.82 Å². The zero-order valence-corrected chi connectivity index (χ0v) is 18.2. The molecule has 1 aromatic rings. The number of carbonyl (C=O) groups is 1. The average molecular weight is 422 g/mol. The molecule has 1 aliphatic carbocycles. The van der Waals surface area contributed by atoms with Crippen molar-refractivity contribution in [2.24, 2.45) is 0 Å². The molecule has 7 nitrogen and oxygen atoms in total. The third kappa shape index (κ3) is 4.86. The lowest BCUT2D eigenvalue weighted by Crippen LogP contribution is -2.48. The van der Waals surface area contributed by atoms with Gasteiger partial charge in [-0.05, 0) is 52.4 Å². The largest absolute Gasteiger partial charge is 0.376 e. The third-order valence-corrected chi connectivity index (χ3v) is 6.97. The van der Waals surface area contributed by atoms with Crippen LogP contribution in [0.5, 0.6) is 0 Å². The number of hydrogen-bond donors (Lipinski definition) is 0. The lowest BCUT2D eigenvalue weighted by atomic mass is 9.97. The van der Waals surface area contributed by atoms with E-state index in [1.165, 1.54) is 11.8 Å². The van der Waals surface area contributed by atoms with Crippen molar-refractivity contribution < 1.29 is 14.3 Å². The maximum Gasteiger partial charge on any atom is 0.348 e. The normalized spacial score (nSPS) is 27.1. The fourth-order valence-electron chi connectivity index (χ4n) is 4.65. The van der Waals surface area contributed by atoms with Gasteiger partial charge in [0.25, 0.3) is 0 Å². The van der Waals surface area contributed by atoms with E-state index in [1.807, 2.05) is 23.3 Å². The van der Waals surface area contributed by atoms with Crippen LogP contribution in [-0.2, 0) is 33.7 Å². The number of nitrogens with zero attached hydrogens (tertiary/aromatic N) is 3. The Labute approximate surface area is 176 Å². The van der Waals surface area contributed by atoms with E-state index in [9.17, 15) is 9.59 Å². The summed E-state index contributed by atoms with van der Waals surface area (Å²) in [5, 5.41) is 0.746. The molecule has 0 bridgehead atoms. The first kappa shape index (κ1) is 20.9. The van der Waals surface area contributed by atoms with Crippen molar-refractivity contribution in [2.75, 3.05) is 25.4 Å². The first-order valence-corrected chi connectivity index (χ1v) is 11.8. The molecule has 3 unspecified atom stereocenters. The summed E-state index contributed by atoms with van der Waals surface area (Å²) in [5.41, 5.74) is 2.07. The number of fused-ring (bicyclic) bond motifs is 1. The van der Waals surface area contributed by atoms with E-state index in [1.54, 1.807) is 0 Å². The molecule has 2 saturated heterocycles. The predicted octanol–water partition coefficient (Wildman–Crippen LogP) is 2.03. The van der Waals surface area contributed by atoms with Crippen molar-refractivity contribution in [1.29, 1.82) is 0 Å². The van der Waals surface area contributed by atoms with Gasteiger partial charge < -0.3 is 14.4 Å². The molecule has 29 heavy (non-hydrogen) atoms. The summed E-state index contributed by atoms with van der Waals surface area (Å²) < 4.78 is 13.3. The summed E-state index contributed by atoms with van der Waals surface area (Å²) in [7, 11) is 0. The van der Waals surface area contributed by atoms with Gasteiger partial charge in [-0.25, -0.2) is 4.79 Å². The highest BCUT2D eigenvalue weighted by Gasteiger charge is 2.27. The maximum absolute atomic E-state index is 12.8. The van der Waals surface area contributed by atoms with E-state index in [4.69, 9.17) is 9.47 Å². The van der Waals surface area contributed by atoms with Gasteiger partial charge in [0.15, 0.2) is 0 Å². The van der Waals surface area contributed by atoms with Gasteiger partial charge in [0.05, 0.1) is 30.6 Å². The van der Waals surface area contributed by atoms with Crippen molar-refractivity contribution in [3.05, 3.63) is 21.7 Å². The Bertz CT molecular complexity index is 796. The second-order valence-corrected chi connectivity index (χ2v) is 9.39. The molecule has 0 saturated carbocycles. The molecule has 0 spiro atoms. The predicted molar refractivity (Wildman–Crippen MR) is 111 cm³/mol. The Morgan fingerprint density at radius 3 is 2.66 bits per heavy atom. The minimum absolute atomic E-state index is 0.0559. The maximum atomic E-state index is 12.8. The van der Waals surface area contributed by atoms with E-state index in [0.29, 0.717) is 25.4 Å². The zero-order valence-electron chi connectivity index (χ0n) is 17.4. The fraction of sp³-hybridized carbons (Fsp3) is 0.762. The van der Waals surface area contributed by atoms with E-state index in [-0.39, 0.29) is 29.9 Å². The Morgan fingerprint density at radius 1 is 1.17 bits per heavy atom. The molecule has 160 valence electrons. The number of hydrogen-bond acceptors (Lipinski definition) is 6. The van der Waals surface area contributed by atoms with Crippen LogP contribution in [-0.4, -0.2) is 64.1 Å². The number of carbonyl (C=O) groups excluding carboxylic acids is 1. The Hall–Kier alpha value is -1.38. The summed E-state index contributed by atoms with van der Waals surface area (Å²) in [5.74, 6) is 0.403. The van der Waals surface area contributed by atoms with Crippen LogP contribution in [0.1, 0.15) is 50.8 Å². The van der Waals surface area contributed by atoms with Gasteiger partial charge in [-0.15, -0.1) is 0 Å². The second-order valence-electron chi connectivity index (χ2n) is 8.42. The van der Waals surface area contributed by atoms with Crippen molar-refractivity contribution in [3.8, 4) is 0 Å². The van der Waals surface area contributed by atoms with Crippen LogP contribution < -0.4 is 5.69 Å². The number of morpholine rings is 1. The van der Waals surface area contributed by atoms with Gasteiger partial charge >= 0.3 is 5.69 Å². The molecule has 1 aromatic heterocycles. The zero-order chi connectivity index (χ0) is 20.4. The monoisotopic (exact) mass is 421 g/mol. The molecule has 2 fully saturated rings. The van der Waals surface area contributed by atoms with Crippen molar-refractivity contribution >= 4 is 17.7 Å². The summed E-state index contributed by atoms with van der Waals surface area (Å²) >= 11 is 1.42. The first-order chi connectivity index (χ1) is 14.0. The molecular formula is C21H31N3O4S. The van der Waals surface area contributed by atoms with Crippen LogP contribution in [0.2, 0.25) is 0 Å². The van der Waals surface area contributed by atoms with Crippen LogP contribution in [0.25, 0.3) is 0 Å². The van der Waals surface area contributed by atoms with Gasteiger partial charge in [-0.3, -0.25) is 9.36 Å². The van der Waals surface area contributed by atoms with Crippen molar-refractivity contribution in [1.82, 2.24) is 14.5 Å². The highest BCUT2D eigenvalue weighted by molar-refractivity contribution is 7.99. The number of amides is 1. The van der Waals surface area contributed by atoms with E-state index >= 15 is 0 Å². The Balaban J connectivity index is 1.49. The lowest BCUT2D eigenvalue weighted by molar-refractivity contribution is -0.140. The van der Waals surface area contributed by atoms with E-state index in [2.05, 4.69) is 4.98 Å². The molecule has 1 amide bonds. The molecular weight excluding hydrogens is 390 g/mol. The van der Waals surface area contributed by atoms with E-state index < -0.39 is 0 Å². The molecule has 0 N–H and O–H groups in total. The van der Waals surface area contributed by atoms with Gasteiger partial charge in [0, 0.05) is 31.0 Å². The minimum atomic E-state index is -0.204. The minimum Gasteiger partial charge on any atom is -0.376 e. The van der Waals surface area contributed by atoms with Crippen LogP contribution in [0.4, 0.5) is 0 Å². The average Bonchev–Trinajstić information content (AvgIpc) is 3.21. The highest BCUT2D eigenvalue weighted by Crippen LogP contribution is 2.29. The van der Waals surface area contributed by atoms with Crippen LogP contribution >= 0.6 is 11.8 Å². The first-order valence-electron chi connectivity index (χ1n) is 10.8. The third-order valence-electron chi connectivity index (χ3n) is 5.97. The molecule has 2 aliphatic heterocycles. The standard InChI is InChI=1S/C21H31N3O4S/c1-14-10-23(11-15(2)28-14)19(25)13-29-20-17-7-3-4-8-18(17)24(21(26)22-20)12-16-6-5-9-27-16/h14-16H,3-13H2,1-2H3. The summed E-state index contributed by atoms with van der Waals surface area (Å²) in [6, 6.07) is 0. The molecule has 3 atom stereocenters. The summed E-state index contributed by atoms with van der Waals surface area (Å²) in [4.78, 5) is 31.8. The van der Waals surface area contributed by atoms with Crippen LogP contribution in [0.3, 0.4) is 0 Å². The Kier molecular flexibility index (Phi) is 6.61. The van der Waals surface area contributed by atoms with Gasteiger partial charge in [0.2, 0.25) is 5.91 Å². The SMILES string of the molecule is CC1CN(C(=O)CSc2nc(=O)n(CC3CCCO3)c3c2CCCC3)CC(C)O1. The number of rotatable bonds is 5. The van der Waals surface area contributed by atoms with Gasteiger partial charge in [-0.1, -0.05) is 11.8 Å². The molecule has 4 rings (SSSR count). The number of thioether (sulfide) groups is 1. The molecule has 8 heteroatoms. The number of aromatic nitrogens is 2. The highest BCUT2D eigenvalue weighted by atomic mass is 32.2. The molecule has 3 heterocycles. The smallest absolute Gasteiger partial charge is 0.348 e. The number of ether oxygens (including phenoxy) is 2.